The van der Waals surface area contributed by atoms with Crippen molar-refractivity contribution in [2.75, 3.05) is 39.3 Å². The van der Waals surface area contributed by atoms with Crippen LogP contribution in [0.3, 0.4) is 0 Å². The Bertz CT molecular complexity index is 113. The second-order valence-electron chi connectivity index (χ2n) is 3.48. The van der Waals surface area contributed by atoms with Crippen molar-refractivity contribution in [3.8, 4) is 0 Å². The average Bonchev–Trinajstić information content (AvgIpc) is 2.56. The Morgan fingerprint density at radius 1 is 1.58 bits per heavy atom. The SMILES string of the molecule is CCN(CCO)CC1CCNC1. The molecule has 3 nitrogen and oxygen atoms in total. The Balaban J connectivity index is 2.16. The average molecular weight is 172 g/mol. The van der Waals surface area contributed by atoms with E-state index in [1.807, 2.05) is 0 Å². The molecule has 3 heteroatoms. The molecule has 0 aromatic rings. The lowest BCUT2D eigenvalue weighted by Gasteiger charge is -2.22. The third-order valence-electron chi connectivity index (χ3n) is 2.54. The molecule has 0 aliphatic carbocycles. The van der Waals surface area contributed by atoms with E-state index < -0.39 is 0 Å². The van der Waals surface area contributed by atoms with E-state index in [-0.39, 0.29) is 6.61 Å². The molecule has 1 unspecified atom stereocenters. The zero-order valence-corrected chi connectivity index (χ0v) is 7.92. The minimum absolute atomic E-state index is 0.286. The summed E-state index contributed by atoms with van der Waals surface area (Å²) in [5.41, 5.74) is 0. The second-order valence-corrected chi connectivity index (χ2v) is 3.48. The number of likely N-dealkylation sites (N-methyl/N-ethyl adjacent to an activating group) is 1. The maximum Gasteiger partial charge on any atom is 0.0558 e. The lowest BCUT2D eigenvalue weighted by Crippen LogP contribution is -2.32. The van der Waals surface area contributed by atoms with Crippen molar-refractivity contribution in [3.63, 3.8) is 0 Å². The molecule has 1 heterocycles. The van der Waals surface area contributed by atoms with E-state index in [9.17, 15) is 0 Å². The molecule has 0 aromatic heterocycles. The van der Waals surface area contributed by atoms with Gasteiger partial charge < -0.3 is 15.3 Å². The van der Waals surface area contributed by atoms with Crippen LogP contribution >= 0.6 is 0 Å². The Morgan fingerprint density at radius 2 is 2.42 bits per heavy atom. The van der Waals surface area contributed by atoms with Crippen LogP contribution in [0.15, 0.2) is 0 Å². The van der Waals surface area contributed by atoms with Gasteiger partial charge in [-0.25, -0.2) is 0 Å². The molecule has 0 aromatic carbocycles. The normalized spacial score (nSPS) is 23.8. The highest BCUT2D eigenvalue weighted by Gasteiger charge is 2.16. The summed E-state index contributed by atoms with van der Waals surface area (Å²) in [6.45, 7) is 7.78. The van der Waals surface area contributed by atoms with Gasteiger partial charge in [-0.3, -0.25) is 0 Å². The monoisotopic (exact) mass is 172 g/mol. The number of nitrogens with zero attached hydrogens (tertiary/aromatic N) is 1. The molecule has 1 aliphatic heterocycles. The summed E-state index contributed by atoms with van der Waals surface area (Å²) in [4.78, 5) is 2.32. The van der Waals surface area contributed by atoms with Gasteiger partial charge >= 0.3 is 0 Å². The zero-order valence-electron chi connectivity index (χ0n) is 7.92. The van der Waals surface area contributed by atoms with Gasteiger partial charge in [0.1, 0.15) is 0 Å². The molecule has 1 atom stereocenters. The van der Waals surface area contributed by atoms with Crippen molar-refractivity contribution < 1.29 is 5.11 Å². The molecule has 1 saturated heterocycles. The maximum absolute atomic E-state index is 8.78. The Hall–Kier alpha value is -0.120. The van der Waals surface area contributed by atoms with Crippen molar-refractivity contribution in [1.82, 2.24) is 10.2 Å². The van der Waals surface area contributed by atoms with Gasteiger partial charge in [-0.05, 0) is 32.0 Å². The van der Waals surface area contributed by atoms with Crippen LogP contribution in [0.4, 0.5) is 0 Å². The largest absolute Gasteiger partial charge is 0.395 e. The fraction of sp³-hybridized carbons (Fsp3) is 1.00. The third kappa shape index (κ3) is 3.09. The van der Waals surface area contributed by atoms with E-state index in [2.05, 4.69) is 17.1 Å². The topological polar surface area (TPSA) is 35.5 Å². The smallest absolute Gasteiger partial charge is 0.0558 e. The van der Waals surface area contributed by atoms with Crippen molar-refractivity contribution >= 4 is 0 Å². The minimum Gasteiger partial charge on any atom is -0.395 e. The summed E-state index contributed by atoms with van der Waals surface area (Å²) >= 11 is 0. The first kappa shape index (κ1) is 9.96. The van der Waals surface area contributed by atoms with Crippen LogP contribution in [0.2, 0.25) is 0 Å². The number of aliphatic hydroxyl groups is 1. The summed E-state index contributed by atoms with van der Waals surface area (Å²) < 4.78 is 0. The van der Waals surface area contributed by atoms with E-state index in [4.69, 9.17) is 5.11 Å². The predicted octanol–water partition coefficient (Wildman–Crippen LogP) is -0.0899. The van der Waals surface area contributed by atoms with Crippen LogP contribution in [-0.2, 0) is 0 Å². The summed E-state index contributed by atoms with van der Waals surface area (Å²) in [6, 6.07) is 0. The fourth-order valence-corrected chi connectivity index (χ4v) is 1.76. The van der Waals surface area contributed by atoms with Gasteiger partial charge in [-0.1, -0.05) is 6.92 Å². The van der Waals surface area contributed by atoms with E-state index in [0.717, 1.165) is 32.1 Å². The highest BCUT2D eigenvalue weighted by molar-refractivity contribution is 4.74. The Labute approximate surface area is 74.8 Å². The van der Waals surface area contributed by atoms with Crippen LogP contribution in [0.25, 0.3) is 0 Å². The first-order valence-corrected chi connectivity index (χ1v) is 4.90. The number of nitrogens with one attached hydrogen (secondary N) is 1. The van der Waals surface area contributed by atoms with E-state index in [1.165, 1.54) is 13.0 Å². The van der Waals surface area contributed by atoms with Crippen molar-refractivity contribution in [2.24, 2.45) is 5.92 Å². The van der Waals surface area contributed by atoms with E-state index in [0.29, 0.717) is 0 Å². The van der Waals surface area contributed by atoms with Gasteiger partial charge in [0.15, 0.2) is 0 Å². The third-order valence-corrected chi connectivity index (χ3v) is 2.54. The Kier molecular flexibility index (Phi) is 4.58. The fourth-order valence-electron chi connectivity index (χ4n) is 1.76. The van der Waals surface area contributed by atoms with Gasteiger partial charge in [-0.15, -0.1) is 0 Å². The number of rotatable bonds is 5. The summed E-state index contributed by atoms with van der Waals surface area (Å²) in [6.07, 6.45) is 1.29. The minimum atomic E-state index is 0.286. The van der Waals surface area contributed by atoms with Gasteiger partial charge in [-0.2, -0.15) is 0 Å². The van der Waals surface area contributed by atoms with Gasteiger partial charge in [0.25, 0.3) is 0 Å². The van der Waals surface area contributed by atoms with Gasteiger partial charge in [0, 0.05) is 13.1 Å². The van der Waals surface area contributed by atoms with Crippen molar-refractivity contribution in [2.45, 2.75) is 13.3 Å². The molecule has 12 heavy (non-hydrogen) atoms. The molecule has 0 saturated carbocycles. The van der Waals surface area contributed by atoms with Crippen molar-refractivity contribution in [3.05, 3.63) is 0 Å². The molecule has 2 N–H and O–H groups in total. The quantitative estimate of drug-likeness (QED) is 0.608. The van der Waals surface area contributed by atoms with E-state index in [1.54, 1.807) is 0 Å². The standard InChI is InChI=1S/C9H20N2O/c1-2-11(5-6-12)8-9-3-4-10-7-9/h9-10,12H,2-8H2,1H3. The van der Waals surface area contributed by atoms with Crippen LogP contribution < -0.4 is 5.32 Å². The lowest BCUT2D eigenvalue weighted by molar-refractivity contribution is 0.184. The molecule has 1 rings (SSSR count). The first-order chi connectivity index (χ1) is 5.86. The highest BCUT2D eigenvalue weighted by Crippen LogP contribution is 2.08. The summed E-state index contributed by atoms with van der Waals surface area (Å²) in [5.74, 6) is 0.802. The molecule has 0 radical (unpaired) electrons. The van der Waals surface area contributed by atoms with E-state index >= 15 is 0 Å². The van der Waals surface area contributed by atoms with Crippen LogP contribution in [0, 0.1) is 5.92 Å². The molecular weight excluding hydrogens is 152 g/mol. The molecule has 0 amide bonds. The molecule has 1 aliphatic rings. The summed E-state index contributed by atoms with van der Waals surface area (Å²) in [7, 11) is 0. The number of aliphatic hydroxyl groups excluding tert-OH is 1. The van der Waals surface area contributed by atoms with Crippen LogP contribution in [-0.4, -0.2) is 49.3 Å². The van der Waals surface area contributed by atoms with Crippen LogP contribution in [0.1, 0.15) is 13.3 Å². The maximum atomic E-state index is 8.78. The zero-order chi connectivity index (χ0) is 8.81. The molecule has 0 spiro atoms. The van der Waals surface area contributed by atoms with Crippen LogP contribution in [0.5, 0.6) is 0 Å². The van der Waals surface area contributed by atoms with Crippen molar-refractivity contribution in [1.29, 1.82) is 0 Å². The predicted molar refractivity (Wildman–Crippen MR) is 50.2 cm³/mol. The molecule has 1 fully saturated rings. The van der Waals surface area contributed by atoms with Gasteiger partial charge in [0.05, 0.1) is 6.61 Å². The molecule has 0 bridgehead atoms. The highest BCUT2D eigenvalue weighted by atomic mass is 16.3. The summed E-state index contributed by atoms with van der Waals surface area (Å²) in [5, 5.41) is 12.1. The number of hydrogen-bond donors (Lipinski definition) is 2. The molecular formula is C9H20N2O. The second kappa shape index (κ2) is 5.51. The number of hydrogen-bond acceptors (Lipinski definition) is 3. The molecule has 72 valence electrons. The van der Waals surface area contributed by atoms with Gasteiger partial charge in [0.2, 0.25) is 0 Å². The first-order valence-electron chi connectivity index (χ1n) is 4.90. The lowest BCUT2D eigenvalue weighted by atomic mass is 10.1. The Morgan fingerprint density at radius 3 is 2.92 bits per heavy atom.